The zero-order valence-electron chi connectivity index (χ0n) is 16.8. The van der Waals surface area contributed by atoms with Crippen molar-refractivity contribution in [1.82, 2.24) is 4.90 Å². The Morgan fingerprint density at radius 3 is 2.67 bits per heavy atom. The van der Waals surface area contributed by atoms with Gasteiger partial charge in [-0.2, -0.15) is 0 Å². The molecule has 1 atom stereocenters. The molecular weight excluding hydrogens is 384 g/mol. The van der Waals surface area contributed by atoms with E-state index >= 15 is 0 Å². The minimum Gasteiger partial charge on any atom is -0.457 e. The van der Waals surface area contributed by atoms with Crippen LogP contribution in [0.4, 0.5) is 5.69 Å². The highest BCUT2D eigenvalue weighted by atomic mass is 16.6. The number of non-ortho nitro benzene ring substituents is 1. The third kappa shape index (κ3) is 5.84. The molecule has 0 saturated carbocycles. The fourth-order valence-corrected chi connectivity index (χ4v) is 3.51. The van der Waals surface area contributed by atoms with Crippen molar-refractivity contribution >= 4 is 23.5 Å². The first-order chi connectivity index (χ1) is 14.4. The van der Waals surface area contributed by atoms with Crippen molar-refractivity contribution in [2.45, 2.75) is 32.4 Å². The number of carbonyl (C=O) groups is 2. The van der Waals surface area contributed by atoms with E-state index in [1.54, 1.807) is 6.07 Å². The average molecular weight is 408 g/mol. The Hall–Kier alpha value is -3.32. The van der Waals surface area contributed by atoms with Crippen LogP contribution in [-0.4, -0.2) is 40.8 Å². The van der Waals surface area contributed by atoms with Crippen LogP contribution in [0.2, 0.25) is 0 Å². The number of Topliss-reactive ketones (excluding diaryl/α,β-unsaturated/α-hetero) is 1. The molecule has 1 unspecified atom stereocenters. The Morgan fingerprint density at radius 2 is 1.97 bits per heavy atom. The van der Waals surface area contributed by atoms with Gasteiger partial charge in [0.2, 0.25) is 0 Å². The summed E-state index contributed by atoms with van der Waals surface area (Å²) in [5.41, 5.74) is 1.37. The number of nitro groups is 1. The molecular formula is C23H24N2O5. The van der Waals surface area contributed by atoms with Crippen LogP contribution in [0.25, 0.3) is 6.08 Å². The summed E-state index contributed by atoms with van der Waals surface area (Å²) >= 11 is 0. The molecule has 0 bridgehead atoms. The third-order valence-electron chi connectivity index (χ3n) is 4.98. The molecule has 0 amide bonds. The van der Waals surface area contributed by atoms with Gasteiger partial charge in [-0.15, -0.1) is 0 Å². The molecule has 1 fully saturated rings. The van der Waals surface area contributed by atoms with E-state index < -0.39 is 16.7 Å². The highest BCUT2D eigenvalue weighted by molar-refractivity contribution is 6.19. The second kappa shape index (κ2) is 9.93. The van der Waals surface area contributed by atoms with Gasteiger partial charge in [0.05, 0.1) is 4.92 Å². The number of nitro benzene ring substituents is 1. The number of esters is 1. The van der Waals surface area contributed by atoms with E-state index in [9.17, 15) is 19.7 Å². The number of benzene rings is 2. The molecule has 0 N–H and O–H groups in total. The smallest absolute Gasteiger partial charge is 0.342 e. The van der Waals surface area contributed by atoms with Crippen LogP contribution in [-0.2, 0) is 20.9 Å². The van der Waals surface area contributed by atoms with Gasteiger partial charge >= 0.3 is 5.97 Å². The van der Waals surface area contributed by atoms with Gasteiger partial charge in [-0.25, -0.2) is 4.79 Å². The summed E-state index contributed by atoms with van der Waals surface area (Å²) in [6.45, 7) is 3.58. The summed E-state index contributed by atoms with van der Waals surface area (Å²) in [6.07, 6.45) is 2.68. The van der Waals surface area contributed by atoms with Crippen LogP contribution in [0.1, 0.15) is 30.9 Å². The first-order valence-electron chi connectivity index (χ1n) is 9.86. The number of piperidine rings is 1. The van der Waals surface area contributed by atoms with E-state index in [0.717, 1.165) is 25.9 Å². The maximum atomic E-state index is 12.7. The number of hydrogen-bond donors (Lipinski definition) is 0. The minimum atomic E-state index is -0.694. The lowest BCUT2D eigenvalue weighted by Crippen LogP contribution is -2.40. The van der Waals surface area contributed by atoms with E-state index in [2.05, 4.69) is 17.0 Å². The summed E-state index contributed by atoms with van der Waals surface area (Å²) in [5.74, 6) is -1.14. The lowest BCUT2D eigenvalue weighted by atomic mass is 10.1. The van der Waals surface area contributed by atoms with Crippen molar-refractivity contribution in [3.8, 4) is 0 Å². The first kappa shape index (κ1) is 21.4. The number of carbonyl (C=O) groups excluding carboxylic acids is 2. The van der Waals surface area contributed by atoms with Crippen molar-refractivity contribution in [3.63, 3.8) is 0 Å². The number of rotatable bonds is 7. The average Bonchev–Trinajstić information content (AvgIpc) is 2.73. The normalized spacial score (nSPS) is 17.4. The topological polar surface area (TPSA) is 89.8 Å². The zero-order valence-corrected chi connectivity index (χ0v) is 16.8. The van der Waals surface area contributed by atoms with Gasteiger partial charge in [0.1, 0.15) is 11.7 Å². The summed E-state index contributed by atoms with van der Waals surface area (Å²) in [6, 6.07) is 15.9. The summed E-state index contributed by atoms with van der Waals surface area (Å²) in [7, 11) is 0. The number of ether oxygens (including phenoxy) is 1. The van der Waals surface area contributed by atoms with Crippen molar-refractivity contribution in [1.29, 1.82) is 0 Å². The lowest BCUT2D eigenvalue weighted by Gasteiger charge is -2.32. The SMILES string of the molecule is CC(=O)/C(=C\c1cccc([N+](=O)[O-])c1)C(=O)OC1CCCN(Cc2ccccc2)C1. The molecule has 0 aromatic heterocycles. The lowest BCUT2D eigenvalue weighted by molar-refractivity contribution is -0.384. The molecule has 1 aliphatic rings. The van der Waals surface area contributed by atoms with Crippen LogP contribution in [0, 0.1) is 10.1 Å². The number of hydrogen-bond acceptors (Lipinski definition) is 6. The van der Waals surface area contributed by atoms with Gasteiger partial charge in [0.25, 0.3) is 5.69 Å². The Bertz CT molecular complexity index is 955. The van der Waals surface area contributed by atoms with E-state index in [4.69, 9.17) is 4.74 Å². The maximum absolute atomic E-state index is 12.7. The standard InChI is InChI=1S/C23H24N2O5/c1-17(26)22(14-19-9-5-10-20(13-19)25(28)29)23(27)30-21-11-6-12-24(16-21)15-18-7-3-2-4-8-18/h2-5,7-10,13-14,21H,6,11-12,15-16H2,1H3/b22-14+. The third-order valence-corrected chi connectivity index (χ3v) is 4.98. The molecule has 2 aromatic rings. The van der Waals surface area contributed by atoms with Gasteiger partial charge in [-0.1, -0.05) is 42.5 Å². The van der Waals surface area contributed by atoms with Gasteiger partial charge in [-0.05, 0) is 43.5 Å². The second-order valence-corrected chi connectivity index (χ2v) is 7.36. The fourth-order valence-electron chi connectivity index (χ4n) is 3.51. The minimum absolute atomic E-state index is 0.108. The number of nitrogens with zero attached hydrogens (tertiary/aromatic N) is 2. The molecule has 7 nitrogen and oxygen atoms in total. The highest BCUT2D eigenvalue weighted by Gasteiger charge is 2.26. The Balaban J connectivity index is 1.68. The van der Waals surface area contributed by atoms with Crippen LogP contribution in [0.3, 0.4) is 0 Å². The Kier molecular flexibility index (Phi) is 7.08. The summed E-state index contributed by atoms with van der Waals surface area (Å²) in [5, 5.41) is 11.0. The Labute approximate surface area is 175 Å². The monoisotopic (exact) mass is 408 g/mol. The largest absolute Gasteiger partial charge is 0.457 e. The van der Waals surface area contributed by atoms with Gasteiger partial charge in [-0.3, -0.25) is 19.8 Å². The molecule has 0 spiro atoms. The zero-order chi connectivity index (χ0) is 21.5. The molecule has 2 aromatic carbocycles. The van der Waals surface area contributed by atoms with Crippen molar-refractivity contribution < 1.29 is 19.2 Å². The highest BCUT2D eigenvalue weighted by Crippen LogP contribution is 2.20. The molecule has 156 valence electrons. The molecule has 0 aliphatic carbocycles. The van der Waals surface area contributed by atoms with Crippen molar-refractivity contribution in [2.24, 2.45) is 0 Å². The molecule has 7 heteroatoms. The first-order valence-corrected chi connectivity index (χ1v) is 9.86. The van der Waals surface area contributed by atoms with E-state index in [1.165, 1.54) is 36.8 Å². The van der Waals surface area contributed by atoms with Crippen LogP contribution in [0.15, 0.2) is 60.2 Å². The van der Waals surface area contributed by atoms with Crippen LogP contribution < -0.4 is 0 Å². The molecule has 0 radical (unpaired) electrons. The molecule has 3 rings (SSSR count). The Morgan fingerprint density at radius 1 is 1.20 bits per heavy atom. The maximum Gasteiger partial charge on any atom is 0.342 e. The second-order valence-electron chi connectivity index (χ2n) is 7.36. The van der Waals surface area contributed by atoms with Gasteiger partial charge in [0, 0.05) is 25.2 Å². The van der Waals surface area contributed by atoms with E-state index in [1.807, 2.05) is 18.2 Å². The molecule has 1 heterocycles. The number of likely N-dealkylation sites (tertiary alicyclic amines) is 1. The predicted octanol–water partition coefficient (Wildman–Crippen LogP) is 3.78. The quantitative estimate of drug-likeness (QED) is 0.173. The van der Waals surface area contributed by atoms with Crippen molar-refractivity contribution in [2.75, 3.05) is 13.1 Å². The van der Waals surface area contributed by atoms with Gasteiger partial charge < -0.3 is 4.74 Å². The molecule has 30 heavy (non-hydrogen) atoms. The summed E-state index contributed by atoms with van der Waals surface area (Å²) in [4.78, 5) is 37.4. The van der Waals surface area contributed by atoms with E-state index in [-0.39, 0.29) is 17.4 Å². The molecule has 1 aliphatic heterocycles. The van der Waals surface area contributed by atoms with Crippen molar-refractivity contribution in [3.05, 3.63) is 81.4 Å². The van der Waals surface area contributed by atoms with Crippen LogP contribution in [0.5, 0.6) is 0 Å². The number of ketones is 1. The van der Waals surface area contributed by atoms with Crippen LogP contribution >= 0.6 is 0 Å². The van der Waals surface area contributed by atoms with E-state index in [0.29, 0.717) is 12.1 Å². The predicted molar refractivity (Wildman–Crippen MR) is 113 cm³/mol. The molecule has 1 saturated heterocycles. The fraction of sp³-hybridized carbons (Fsp3) is 0.304. The summed E-state index contributed by atoms with van der Waals surface area (Å²) < 4.78 is 5.63. The van der Waals surface area contributed by atoms with Gasteiger partial charge in [0.15, 0.2) is 5.78 Å².